The average Bonchev–Trinajstić information content (AvgIpc) is 2.71. The zero-order valence-corrected chi connectivity index (χ0v) is 11.5. The summed E-state index contributed by atoms with van der Waals surface area (Å²) >= 11 is 6.90. The molecule has 2 aromatic heterocycles. The number of rotatable bonds is 4. The summed E-state index contributed by atoms with van der Waals surface area (Å²) < 4.78 is 5.62. The first-order chi connectivity index (χ1) is 8.63. The first-order valence-corrected chi connectivity index (χ1v) is 6.59. The van der Waals surface area contributed by atoms with Gasteiger partial charge in [0.2, 0.25) is 0 Å². The van der Waals surface area contributed by atoms with E-state index in [1.807, 2.05) is 26.0 Å². The Morgan fingerprint density at radius 3 is 2.83 bits per heavy atom. The number of aryl methyl sites for hydroxylation is 2. The summed E-state index contributed by atoms with van der Waals surface area (Å²) in [5.74, 6) is 0.644. The highest BCUT2D eigenvalue weighted by Gasteiger charge is 2.12. The van der Waals surface area contributed by atoms with Crippen molar-refractivity contribution in [3.63, 3.8) is 0 Å². The van der Waals surface area contributed by atoms with Crippen molar-refractivity contribution in [2.45, 2.75) is 20.3 Å². The predicted molar refractivity (Wildman–Crippen MR) is 70.9 cm³/mol. The second kappa shape index (κ2) is 5.46. The number of pyridine rings is 1. The third-order valence-electron chi connectivity index (χ3n) is 2.30. The molecule has 2 aromatic rings. The SMILES string of the molecule is CCc1nc(C)ccc1Oc1nc(Cl)c(C=O)s1. The Hall–Kier alpha value is -1.46. The fourth-order valence-corrected chi connectivity index (χ4v) is 2.37. The van der Waals surface area contributed by atoms with Crippen LogP contribution in [0.15, 0.2) is 12.1 Å². The van der Waals surface area contributed by atoms with Gasteiger partial charge in [-0.3, -0.25) is 9.78 Å². The number of hydrogen-bond donors (Lipinski definition) is 0. The van der Waals surface area contributed by atoms with Crippen LogP contribution in [0.2, 0.25) is 5.15 Å². The van der Waals surface area contributed by atoms with Gasteiger partial charge in [-0.05, 0) is 25.5 Å². The Labute approximate surface area is 114 Å². The van der Waals surface area contributed by atoms with Crippen LogP contribution in [-0.4, -0.2) is 16.3 Å². The Balaban J connectivity index is 2.30. The largest absolute Gasteiger partial charge is 0.429 e. The van der Waals surface area contributed by atoms with Gasteiger partial charge in [0, 0.05) is 5.69 Å². The van der Waals surface area contributed by atoms with Gasteiger partial charge in [-0.1, -0.05) is 29.9 Å². The van der Waals surface area contributed by atoms with Gasteiger partial charge in [-0.2, -0.15) is 4.98 Å². The Kier molecular flexibility index (Phi) is 3.93. The number of carbonyl (C=O) groups is 1. The third kappa shape index (κ3) is 2.68. The summed E-state index contributed by atoms with van der Waals surface area (Å²) in [4.78, 5) is 19.4. The molecule has 4 nitrogen and oxygen atoms in total. The molecule has 6 heteroatoms. The number of ether oxygens (including phenoxy) is 1. The minimum absolute atomic E-state index is 0.170. The molecule has 0 unspecified atom stereocenters. The highest BCUT2D eigenvalue weighted by atomic mass is 35.5. The van der Waals surface area contributed by atoms with Gasteiger partial charge in [0.1, 0.15) is 4.88 Å². The van der Waals surface area contributed by atoms with Crippen molar-refractivity contribution in [3.05, 3.63) is 33.6 Å². The second-order valence-corrected chi connectivity index (χ2v) is 4.96. The molecule has 0 aromatic carbocycles. The maximum absolute atomic E-state index is 10.7. The molecule has 0 atom stereocenters. The molecule has 0 saturated heterocycles. The number of thiazole rings is 1. The quantitative estimate of drug-likeness (QED) is 0.803. The molecule has 0 radical (unpaired) electrons. The van der Waals surface area contributed by atoms with E-state index in [1.165, 1.54) is 0 Å². The van der Waals surface area contributed by atoms with Gasteiger partial charge >= 0.3 is 0 Å². The highest BCUT2D eigenvalue weighted by molar-refractivity contribution is 7.15. The van der Waals surface area contributed by atoms with E-state index in [0.717, 1.165) is 29.1 Å². The van der Waals surface area contributed by atoms with Gasteiger partial charge in [-0.15, -0.1) is 0 Å². The van der Waals surface area contributed by atoms with Crippen LogP contribution in [0.5, 0.6) is 10.9 Å². The molecule has 94 valence electrons. The van der Waals surface area contributed by atoms with E-state index < -0.39 is 0 Å². The van der Waals surface area contributed by atoms with Crippen LogP contribution in [0.4, 0.5) is 0 Å². The molecule has 0 aliphatic carbocycles. The molecule has 0 spiro atoms. The van der Waals surface area contributed by atoms with Crippen LogP contribution in [0.3, 0.4) is 0 Å². The molecule has 0 bridgehead atoms. The molecule has 18 heavy (non-hydrogen) atoms. The van der Waals surface area contributed by atoms with E-state index in [-0.39, 0.29) is 5.15 Å². The van der Waals surface area contributed by atoms with E-state index in [1.54, 1.807) is 0 Å². The molecule has 0 saturated carbocycles. The molecule has 0 amide bonds. The zero-order chi connectivity index (χ0) is 13.1. The Morgan fingerprint density at radius 1 is 1.44 bits per heavy atom. The number of aromatic nitrogens is 2. The normalized spacial score (nSPS) is 10.4. The van der Waals surface area contributed by atoms with Crippen molar-refractivity contribution in [2.75, 3.05) is 0 Å². The van der Waals surface area contributed by atoms with Crippen molar-refractivity contribution in [1.29, 1.82) is 0 Å². The van der Waals surface area contributed by atoms with Crippen molar-refractivity contribution in [3.8, 4) is 10.9 Å². The van der Waals surface area contributed by atoms with Gasteiger partial charge in [0.25, 0.3) is 5.19 Å². The van der Waals surface area contributed by atoms with Crippen LogP contribution in [0.25, 0.3) is 0 Å². The lowest BCUT2D eigenvalue weighted by Crippen LogP contribution is -1.95. The minimum atomic E-state index is 0.170. The number of nitrogens with zero attached hydrogens (tertiary/aromatic N) is 2. The molecule has 0 fully saturated rings. The summed E-state index contributed by atoms with van der Waals surface area (Å²) in [5, 5.41) is 0.519. The lowest BCUT2D eigenvalue weighted by atomic mass is 10.2. The summed E-state index contributed by atoms with van der Waals surface area (Å²) in [5.41, 5.74) is 1.79. The number of carbonyl (C=O) groups excluding carboxylic acids is 1. The second-order valence-electron chi connectivity index (χ2n) is 3.61. The molecular weight excluding hydrogens is 272 g/mol. The fourth-order valence-electron chi connectivity index (χ4n) is 1.45. The fraction of sp³-hybridized carbons (Fsp3) is 0.250. The molecule has 0 N–H and O–H groups in total. The average molecular weight is 283 g/mol. The summed E-state index contributed by atoms with van der Waals surface area (Å²) in [6.07, 6.45) is 1.43. The van der Waals surface area contributed by atoms with E-state index in [9.17, 15) is 4.79 Å². The molecule has 2 rings (SSSR count). The first-order valence-electron chi connectivity index (χ1n) is 5.40. The van der Waals surface area contributed by atoms with E-state index in [0.29, 0.717) is 22.1 Å². The van der Waals surface area contributed by atoms with Crippen molar-refractivity contribution in [1.82, 2.24) is 9.97 Å². The van der Waals surface area contributed by atoms with Gasteiger partial charge < -0.3 is 4.74 Å². The summed E-state index contributed by atoms with van der Waals surface area (Å²) in [6, 6.07) is 3.71. The van der Waals surface area contributed by atoms with Gasteiger partial charge in [0.15, 0.2) is 17.2 Å². The van der Waals surface area contributed by atoms with E-state index in [2.05, 4.69) is 9.97 Å². The van der Waals surface area contributed by atoms with Crippen LogP contribution in [0.1, 0.15) is 28.0 Å². The topological polar surface area (TPSA) is 52.1 Å². The van der Waals surface area contributed by atoms with Crippen molar-refractivity contribution >= 4 is 29.2 Å². The number of aldehydes is 1. The lowest BCUT2D eigenvalue weighted by molar-refractivity contribution is 0.112. The Bertz CT molecular complexity index is 583. The molecular formula is C12H11ClN2O2S. The van der Waals surface area contributed by atoms with Gasteiger partial charge in [-0.25, -0.2) is 0 Å². The zero-order valence-electron chi connectivity index (χ0n) is 9.94. The lowest BCUT2D eigenvalue weighted by Gasteiger charge is -2.07. The van der Waals surface area contributed by atoms with Crippen molar-refractivity contribution < 1.29 is 9.53 Å². The molecule has 2 heterocycles. The smallest absolute Gasteiger partial charge is 0.280 e. The summed E-state index contributed by atoms with van der Waals surface area (Å²) in [6.45, 7) is 3.92. The van der Waals surface area contributed by atoms with Crippen molar-refractivity contribution in [2.24, 2.45) is 0 Å². The van der Waals surface area contributed by atoms with Gasteiger partial charge in [0.05, 0.1) is 5.69 Å². The Morgan fingerprint density at radius 2 is 2.22 bits per heavy atom. The predicted octanol–water partition coefficient (Wildman–Crippen LogP) is 3.67. The third-order valence-corrected chi connectivity index (χ3v) is 3.56. The molecule has 0 aliphatic rings. The standard InChI is InChI=1S/C12H11ClN2O2S/c1-3-8-9(5-4-7(2)14-8)17-12-15-11(13)10(6-16)18-12/h4-6H,3H2,1-2H3. The maximum atomic E-state index is 10.7. The van der Waals surface area contributed by atoms with E-state index in [4.69, 9.17) is 16.3 Å². The minimum Gasteiger partial charge on any atom is -0.429 e. The maximum Gasteiger partial charge on any atom is 0.280 e. The molecule has 0 aliphatic heterocycles. The van der Waals surface area contributed by atoms with Crippen LogP contribution in [-0.2, 0) is 6.42 Å². The highest BCUT2D eigenvalue weighted by Crippen LogP contribution is 2.32. The first kappa shape index (κ1) is 13.0. The van der Waals surface area contributed by atoms with E-state index >= 15 is 0 Å². The van der Waals surface area contributed by atoms with Crippen LogP contribution >= 0.6 is 22.9 Å². The van der Waals surface area contributed by atoms with Crippen LogP contribution in [0, 0.1) is 6.92 Å². The van der Waals surface area contributed by atoms with Crippen LogP contribution < -0.4 is 4.74 Å². The summed E-state index contributed by atoms with van der Waals surface area (Å²) in [7, 11) is 0. The monoisotopic (exact) mass is 282 g/mol. The number of hydrogen-bond acceptors (Lipinski definition) is 5. The number of halogens is 1.